The number of aliphatic hydroxyl groups excluding tert-OH is 1. The molecule has 0 amide bonds. The molecule has 2 rings (SSSR count). The van der Waals surface area contributed by atoms with Gasteiger partial charge in [0.1, 0.15) is 0 Å². The molecule has 0 saturated heterocycles. The van der Waals surface area contributed by atoms with Crippen LogP contribution in [0.25, 0.3) is 0 Å². The summed E-state index contributed by atoms with van der Waals surface area (Å²) in [6.45, 7) is 9.10. The average molecular weight is 303 g/mol. The molecule has 2 unspecified atom stereocenters. The maximum Gasteiger partial charge on any atom is 0.0792 e. The van der Waals surface area contributed by atoms with Crippen LogP contribution in [0, 0.1) is 0 Å². The first-order chi connectivity index (χ1) is 10.7. The zero-order chi connectivity index (χ0) is 15.9. The van der Waals surface area contributed by atoms with Gasteiger partial charge in [-0.05, 0) is 68.3 Å². The molecule has 0 heterocycles. The fourth-order valence-corrected chi connectivity index (χ4v) is 3.90. The Balaban J connectivity index is 2.20. The fourth-order valence-electron chi connectivity index (χ4n) is 3.90. The molecule has 0 saturated carbocycles. The van der Waals surface area contributed by atoms with E-state index in [9.17, 15) is 5.11 Å². The number of nitrogens with zero attached hydrogens (tertiary/aromatic N) is 1. The lowest BCUT2D eigenvalue weighted by Crippen LogP contribution is -2.40. The van der Waals surface area contributed by atoms with E-state index < -0.39 is 0 Å². The van der Waals surface area contributed by atoms with Crippen molar-refractivity contribution in [1.82, 2.24) is 4.90 Å². The molecular weight excluding hydrogens is 270 g/mol. The van der Waals surface area contributed by atoms with Crippen LogP contribution in [0.15, 0.2) is 18.2 Å². The van der Waals surface area contributed by atoms with Crippen molar-refractivity contribution in [2.24, 2.45) is 0 Å². The molecule has 0 aromatic heterocycles. The molecule has 1 aromatic carbocycles. The Morgan fingerprint density at radius 3 is 2.50 bits per heavy atom. The highest BCUT2D eigenvalue weighted by molar-refractivity contribution is 5.39. The quantitative estimate of drug-likeness (QED) is 0.764. The number of hydrogen-bond acceptors (Lipinski definition) is 2. The molecule has 2 atom stereocenters. The summed E-state index contributed by atoms with van der Waals surface area (Å²) in [5.74, 6) is 0. The minimum absolute atomic E-state index is 0.287. The van der Waals surface area contributed by atoms with Crippen molar-refractivity contribution >= 4 is 0 Å². The van der Waals surface area contributed by atoms with Gasteiger partial charge in [-0.3, -0.25) is 0 Å². The molecule has 2 nitrogen and oxygen atoms in total. The number of hydrogen-bond donors (Lipinski definition) is 1. The van der Waals surface area contributed by atoms with Gasteiger partial charge >= 0.3 is 0 Å². The predicted octanol–water partition coefficient (Wildman–Crippen LogP) is 4.50. The van der Waals surface area contributed by atoms with E-state index in [1.54, 1.807) is 0 Å². The smallest absolute Gasteiger partial charge is 0.0792 e. The van der Waals surface area contributed by atoms with Gasteiger partial charge in [-0.2, -0.15) is 0 Å². The lowest BCUT2D eigenvalue weighted by molar-refractivity contribution is 0.158. The molecule has 0 bridgehead atoms. The third kappa shape index (κ3) is 4.11. The predicted molar refractivity (Wildman–Crippen MR) is 94.3 cm³/mol. The van der Waals surface area contributed by atoms with Crippen molar-refractivity contribution in [3.8, 4) is 0 Å². The van der Waals surface area contributed by atoms with Crippen LogP contribution in [0.1, 0.15) is 75.7 Å². The molecule has 0 fully saturated rings. The Morgan fingerprint density at radius 1 is 1.14 bits per heavy atom. The summed E-state index contributed by atoms with van der Waals surface area (Å²) in [5.41, 5.74) is 4.10. The van der Waals surface area contributed by atoms with Crippen LogP contribution in [-0.4, -0.2) is 29.1 Å². The molecule has 124 valence electrons. The average Bonchev–Trinajstić information content (AvgIpc) is 2.54. The van der Waals surface area contributed by atoms with E-state index in [0.29, 0.717) is 6.04 Å². The number of benzene rings is 1. The second-order valence-corrected chi connectivity index (χ2v) is 6.72. The third-order valence-electron chi connectivity index (χ3n) is 4.96. The van der Waals surface area contributed by atoms with Gasteiger partial charge < -0.3 is 10.0 Å². The van der Waals surface area contributed by atoms with Crippen molar-refractivity contribution in [1.29, 1.82) is 0 Å². The van der Waals surface area contributed by atoms with Gasteiger partial charge in [0.2, 0.25) is 0 Å². The number of aliphatic hydroxyl groups is 1. The minimum atomic E-state index is -0.287. The molecule has 2 heteroatoms. The first-order valence-electron chi connectivity index (χ1n) is 9.23. The summed E-state index contributed by atoms with van der Waals surface area (Å²) in [6.07, 6.45) is 7.61. The Kier molecular flexibility index (Phi) is 6.91. The van der Waals surface area contributed by atoms with Gasteiger partial charge in [0.25, 0.3) is 0 Å². The Labute approximate surface area is 136 Å². The van der Waals surface area contributed by atoms with Crippen LogP contribution in [0.4, 0.5) is 0 Å². The highest BCUT2D eigenvalue weighted by Crippen LogP contribution is 2.32. The van der Waals surface area contributed by atoms with Gasteiger partial charge in [0, 0.05) is 6.04 Å². The Morgan fingerprint density at radius 2 is 1.86 bits per heavy atom. The van der Waals surface area contributed by atoms with Crippen LogP contribution in [0.2, 0.25) is 0 Å². The molecule has 1 aromatic rings. The monoisotopic (exact) mass is 303 g/mol. The van der Waals surface area contributed by atoms with Crippen molar-refractivity contribution in [3.05, 3.63) is 34.9 Å². The molecule has 1 N–H and O–H groups in total. The standard InChI is InChI=1S/C20H33NO/c1-4-8-20(22)18-10-7-9-16-11-12-17(15-19(16)18)21(13-5-2)14-6-3/h7,9-10,17,20,22H,4-6,8,11-15H2,1-3H3. The highest BCUT2D eigenvalue weighted by atomic mass is 16.3. The largest absolute Gasteiger partial charge is 0.388 e. The number of aryl methyl sites for hydroxylation is 1. The molecule has 0 aliphatic heterocycles. The van der Waals surface area contributed by atoms with Crippen LogP contribution in [0.3, 0.4) is 0 Å². The zero-order valence-corrected chi connectivity index (χ0v) is 14.6. The van der Waals surface area contributed by atoms with Crippen LogP contribution < -0.4 is 0 Å². The van der Waals surface area contributed by atoms with E-state index in [-0.39, 0.29) is 6.10 Å². The van der Waals surface area contributed by atoms with Crippen LogP contribution in [0.5, 0.6) is 0 Å². The maximum atomic E-state index is 10.5. The third-order valence-corrected chi connectivity index (χ3v) is 4.96. The molecule has 1 aliphatic carbocycles. The first-order valence-corrected chi connectivity index (χ1v) is 9.23. The van der Waals surface area contributed by atoms with E-state index in [4.69, 9.17) is 0 Å². The minimum Gasteiger partial charge on any atom is -0.388 e. The lowest BCUT2D eigenvalue weighted by atomic mass is 9.82. The lowest BCUT2D eigenvalue weighted by Gasteiger charge is -2.36. The number of rotatable bonds is 8. The SMILES string of the molecule is CCCC(O)c1cccc2c1CC(N(CCC)CCC)CC2. The summed E-state index contributed by atoms with van der Waals surface area (Å²) >= 11 is 0. The van der Waals surface area contributed by atoms with Gasteiger partial charge in [-0.25, -0.2) is 0 Å². The van der Waals surface area contributed by atoms with E-state index in [1.807, 2.05) is 0 Å². The zero-order valence-electron chi connectivity index (χ0n) is 14.6. The molecule has 22 heavy (non-hydrogen) atoms. The van der Waals surface area contributed by atoms with Crippen LogP contribution >= 0.6 is 0 Å². The summed E-state index contributed by atoms with van der Waals surface area (Å²) in [4.78, 5) is 2.67. The summed E-state index contributed by atoms with van der Waals surface area (Å²) in [6, 6.07) is 7.19. The van der Waals surface area contributed by atoms with Gasteiger partial charge in [0.05, 0.1) is 6.10 Å². The Hall–Kier alpha value is -0.860. The van der Waals surface area contributed by atoms with E-state index >= 15 is 0 Å². The van der Waals surface area contributed by atoms with E-state index in [2.05, 4.69) is 43.9 Å². The van der Waals surface area contributed by atoms with Crippen molar-refractivity contribution < 1.29 is 5.11 Å². The topological polar surface area (TPSA) is 23.5 Å². The van der Waals surface area contributed by atoms with E-state index in [1.165, 1.54) is 49.0 Å². The van der Waals surface area contributed by atoms with Crippen molar-refractivity contribution in [2.45, 2.75) is 77.9 Å². The normalized spacial score (nSPS) is 19.2. The maximum absolute atomic E-state index is 10.5. The Bertz CT molecular complexity index is 451. The highest BCUT2D eigenvalue weighted by Gasteiger charge is 2.26. The molecular formula is C20H33NO. The first kappa shape index (κ1) is 17.5. The second-order valence-electron chi connectivity index (χ2n) is 6.72. The molecule has 0 radical (unpaired) electrons. The van der Waals surface area contributed by atoms with Crippen molar-refractivity contribution in [2.75, 3.05) is 13.1 Å². The van der Waals surface area contributed by atoms with Gasteiger partial charge in [0.15, 0.2) is 0 Å². The van der Waals surface area contributed by atoms with Gasteiger partial charge in [-0.1, -0.05) is 45.4 Å². The molecule has 0 spiro atoms. The van der Waals surface area contributed by atoms with Gasteiger partial charge in [-0.15, -0.1) is 0 Å². The van der Waals surface area contributed by atoms with E-state index in [0.717, 1.165) is 25.7 Å². The second kappa shape index (κ2) is 8.69. The molecule has 1 aliphatic rings. The summed E-state index contributed by atoms with van der Waals surface area (Å²) in [5, 5.41) is 10.5. The van der Waals surface area contributed by atoms with Crippen LogP contribution in [-0.2, 0) is 12.8 Å². The summed E-state index contributed by atoms with van der Waals surface area (Å²) < 4.78 is 0. The summed E-state index contributed by atoms with van der Waals surface area (Å²) in [7, 11) is 0. The fraction of sp³-hybridized carbons (Fsp3) is 0.700. The number of fused-ring (bicyclic) bond motifs is 1. The van der Waals surface area contributed by atoms with Crippen molar-refractivity contribution in [3.63, 3.8) is 0 Å².